The van der Waals surface area contributed by atoms with Gasteiger partial charge in [-0.15, -0.1) is 0 Å². The summed E-state index contributed by atoms with van der Waals surface area (Å²) in [7, 11) is -2.26. The number of carbonyl (C=O) groups is 3. The Balaban J connectivity index is 1.60. The van der Waals surface area contributed by atoms with Crippen LogP contribution in [0.4, 0.5) is 4.79 Å². The zero-order valence-electron chi connectivity index (χ0n) is 17.1. The predicted octanol–water partition coefficient (Wildman–Crippen LogP) is -0.544. The molecule has 1 aliphatic heterocycles. The Morgan fingerprint density at radius 3 is 2.71 bits per heavy atom. The van der Waals surface area contributed by atoms with Crippen molar-refractivity contribution < 1.29 is 27.4 Å². The smallest absolute Gasteiger partial charge is 0.368 e. The standard InChI is InChI=1S/C19H22N6O5S/c1-19(5-6-19)22-31(29,30)13-3-4-15-14(7-13)17(27)25(18(28)23(15)2)10-12-8-21-24(9-12)11-16(20)26/h3-4,7-9,14,22H,5-6,10-11H2,1-2H3,(H-,20,26)/p+1. The first-order valence-electron chi connectivity index (χ1n) is 9.68. The average molecular weight is 447 g/mol. The largest absolute Gasteiger partial charge is 0.500 e. The summed E-state index contributed by atoms with van der Waals surface area (Å²) in [6.07, 6.45) is 8.76. The number of nitrogens with two attached hydrogens (primary N) is 1. The monoisotopic (exact) mass is 447 g/mol. The second-order valence-electron chi connectivity index (χ2n) is 8.25. The number of nitrogens with one attached hydrogen (secondary N) is 1. The molecule has 4 rings (SSSR count). The highest BCUT2D eigenvalue weighted by molar-refractivity contribution is 7.93. The molecule has 3 aliphatic rings. The maximum atomic E-state index is 13.1. The van der Waals surface area contributed by atoms with Gasteiger partial charge in [-0.05, 0) is 38.0 Å². The molecule has 1 saturated carbocycles. The molecule has 11 nitrogen and oxygen atoms in total. The molecular weight excluding hydrogens is 424 g/mol. The van der Waals surface area contributed by atoms with Gasteiger partial charge in [0.25, 0.3) is 0 Å². The number of carbonyl (C=O) groups excluding carboxylic acids is 3. The van der Waals surface area contributed by atoms with Crippen molar-refractivity contribution in [3.63, 3.8) is 0 Å². The molecule has 1 unspecified atom stereocenters. The summed E-state index contributed by atoms with van der Waals surface area (Å²) in [5.41, 5.74) is 5.65. The quantitative estimate of drug-likeness (QED) is 0.536. The third-order valence-electron chi connectivity index (χ3n) is 5.54. The molecule has 1 aromatic heterocycles. The van der Waals surface area contributed by atoms with Gasteiger partial charge in [0.15, 0.2) is 0 Å². The molecule has 1 atom stereocenters. The molecule has 2 heterocycles. The maximum Gasteiger partial charge on any atom is 0.500 e. The fraction of sp³-hybridized carbons (Fsp3) is 0.421. The number of hydrogen-bond acceptors (Lipinski definition) is 6. The van der Waals surface area contributed by atoms with E-state index in [4.69, 9.17) is 5.73 Å². The topological polar surface area (TPSA) is 147 Å². The molecule has 0 aromatic carbocycles. The second-order valence-corrected chi connectivity index (χ2v) is 9.93. The molecule has 0 radical (unpaired) electrons. The summed E-state index contributed by atoms with van der Waals surface area (Å²) in [5.74, 6) is -2.01. The van der Waals surface area contributed by atoms with E-state index in [1.54, 1.807) is 0 Å². The second kappa shape index (κ2) is 7.24. The van der Waals surface area contributed by atoms with Crippen molar-refractivity contribution in [2.24, 2.45) is 11.7 Å². The summed E-state index contributed by atoms with van der Waals surface area (Å²) in [4.78, 5) is 38.0. The predicted molar refractivity (Wildman–Crippen MR) is 109 cm³/mol. The fourth-order valence-corrected chi connectivity index (χ4v) is 5.10. The fourth-order valence-electron chi connectivity index (χ4n) is 3.56. The summed E-state index contributed by atoms with van der Waals surface area (Å²) in [6, 6.07) is -0.535. The minimum atomic E-state index is -3.79. The summed E-state index contributed by atoms with van der Waals surface area (Å²) >= 11 is 0. The van der Waals surface area contributed by atoms with Crippen molar-refractivity contribution in [3.8, 4) is 0 Å². The molecule has 0 spiro atoms. The number of urea groups is 1. The number of imide groups is 1. The van der Waals surface area contributed by atoms with Crippen LogP contribution >= 0.6 is 0 Å². The van der Waals surface area contributed by atoms with Crippen molar-refractivity contribution in [2.45, 2.75) is 38.4 Å². The van der Waals surface area contributed by atoms with Crippen LogP contribution in [-0.4, -0.2) is 63.8 Å². The highest BCUT2D eigenvalue weighted by Gasteiger charge is 2.48. The maximum absolute atomic E-state index is 13.1. The zero-order chi connectivity index (χ0) is 22.6. The van der Waals surface area contributed by atoms with Crippen molar-refractivity contribution in [2.75, 3.05) is 7.05 Å². The number of rotatable bonds is 7. The molecule has 31 heavy (non-hydrogen) atoms. The lowest BCUT2D eigenvalue weighted by molar-refractivity contribution is -0.406. The third kappa shape index (κ3) is 4.08. The van der Waals surface area contributed by atoms with Crippen molar-refractivity contribution in [1.29, 1.82) is 0 Å². The van der Waals surface area contributed by atoms with E-state index >= 15 is 0 Å². The van der Waals surface area contributed by atoms with Gasteiger partial charge in [-0.1, -0.05) is 0 Å². The van der Waals surface area contributed by atoms with Crippen LogP contribution in [0.15, 0.2) is 35.5 Å². The number of aromatic nitrogens is 2. The van der Waals surface area contributed by atoms with Crippen LogP contribution in [0.2, 0.25) is 0 Å². The van der Waals surface area contributed by atoms with Gasteiger partial charge in [-0.25, -0.2) is 17.9 Å². The lowest BCUT2D eigenvalue weighted by Crippen LogP contribution is -2.53. The lowest BCUT2D eigenvalue weighted by atomic mass is 9.94. The number of allylic oxidation sites excluding steroid dienone is 2. The van der Waals surface area contributed by atoms with E-state index in [0.29, 0.717) is 11.3 Å². The van der Waals surface area contributed by atoms with Crippen LogP contribution in [0, 0.1) is 5.92 Å². The first-order chi connectivity index (χ1) is 14.5. The van der Waals surface area contributed by atoms with E-state index in [9.17, 15) is 22.8 Å². The molecule has 4 amide bonds. The molecule has 12 heteroatoms. The Bertz CT molecular complexity index is 1190. The average Bonchev–Trinajstić information content (AvgIpc) is 3.24. The van der Waals surface area contributed by atoms with Crippen molar-refractivity contribution in [1.82, 2.24) is 19.4 Å². The van der Waals surface area contributed by atoms with E-state index < -0.39 is 39.3 Å². The Kier molecular flexibility index (Phi) is 4.93. The Labute approximate surface area is 178 Å². The number of primary amides is 1. The number of nitrogens with zero attached hydrogens (tertiary/aromatic N) is 4. The van der Waals surface area contributed by atoms with E-state index in [2.05, 4.69) is 9.82 Å². The summed E-state index contributed by atoms with van der Waals surface area (Å²) in [5, 5.41) is 3.99. The molecular formula is C19H23N6O5S+. The third-order valence-corrected chi connectivity index (χ3v) is 7.20. The zero-order valence-corrected chi connectivity index (χ0v) is 17.9. The lowest BCUT2D eigenvalue weighted by Gasteiger charge is -2.26. The Hall–Kier alpha value is -3.12. The van der Waals surface area contributed by atoms with Gasteiger partial charge in [0.2, 0.25) is 15.9 Å². The van der Waals surface area contributed by atoms with Crippen LogP contribution in [-0.2, 0) is 32.7 Å². The summed E-state index contributed by atoms with van der Waals surface area (Å²) in [6.45, 7) is 1.64. The number of fused-ring (bicyclic) bond motifs is 1. The Morgan fingerprint density at radius 2 is 2.06 bits per heavy atom. The van der Waals surface area contributed by atoms with Crippen molar-refractivity contribution >= 4 is 33.6 Å². The first kappa shape index (κ1) is 21.1. The first-order valence-corrected chi connectivity index (χ1v) is 11.2. The SMILES string of the molecule is C[N+]1=C2C=CC(S(=O)(=O)NC3(C)CC3)=CC2C(=O)N(Cc2cnn(CC(N)=O)c2)C1=O. The van der Waals surface area contributed by atoms with Crippen LogP contribution in [0.3, 0.4) is 0 Å². The highest BCUT2D eigenvalue weighted by Crippen LogP contribution is 2.36. The van der Waals surface area contributed by atoms with Gasteiger partial charge in [-0.2, -0.15) is 19.4 Å². The minimum Gasteiger partial charge on any atom is -0.368 e. The van der Waals surface area contributed by atoms with Crippen molar-refractivity contribution in [3.05, 3.63) is 41.1 Å². The van der Waals surface area contributed by atoms with Gasteiger partial charge < -0.3 is 5.73 Å². The van der Waals surface area contributed by atoms with Crippen LogP contribution < -0.4 is 10.5 Å². The van der Waals surface area contributed by atoms with Crippen LogP contribution in [0.5, 0.6) is 0 Å². The minimum absolute atomic E-state index is 0.000276. The van der Waals surface area contributed by atoms with Gasteiger partial charge in [0.1, 0.15) is 24.7 Å². The molecule has 1 fully saturated rings. The van der Waals surface area contributed by atoms with Gasteiger partial charge >= 0.3 is 11.9 Å². The number of amides is 4. The number of hydrogen-bond donors (Lipinski definition) is 2. The normalized spacial score (nSPS) is 22.5. The molecule has 0 saturated heterocycles. The van der Waals surface area contributed by atoms with E-state index in [-0.39, 0.29) is 18.0 Å². The molecule has 164 valence electrons. The van der Waals surface area contributed by atoms with E-state index in [1.165, 1.54) is 46.9 Å². The van der Waals surface area contributed by atoms with Gasteiger partial charge in [-0.3, -0.25) is 9.48 Å². The van der Waals surface area contributed by atoms with Gasteiger partial charge in [0, 0.05) is 17.3 Å². The van der Waals surface area contributed by atoms with Crippen LogP contribution in [0.25, 0.3) is 0 Å². The molecule has 2 aliphatic carbocycles. The molecule has 0 bridgehead atoms. The molecule has 3 N–H and O–H groups in total. The number of sulfonamides is 1. The molecule has 1 aromatic rings. The highest BCUT2D eigenvalue weighted by atomic mass is 32.2. The van der Waals surface area contributed by atoms with Gasteiger partial charge in [0.05, 0.1) is 18.1 Å². The summed E-state index contributed by atoms with van der Waals surface area (Å²) < 4.78 is 30.8. The van der Waals surface area contributed by atoms with E-state index in [1.807, 2.05) is 6.92 Å². The van der Waals surface area contributed by atoms with Crippen LogP contribution in [0.1, 0.15) is 25.3 Å². The van der Waals surface area contributed by atoms with E-state index in [0.717, 1.165) is 17.7 Å². The Morgan fingerprint density at radius 1 is 1.35 bits per heavy atom.